The van der Waals surface area contributed by atoms with Gasteiger partial charge in [-0.25, -0.2) is 14.8 Å². The lowest BCUT2D eigenvalue weighted by Crippen LogP contribution is -2.51. The molecule has 0 spiro atoms. The summed E-state index contributed by atoms with van der Waals surface area (Å²) in [7, 11) is 0. The summed E-state index contributed by atoms with van der Waals surface area (Å²) in [6.45, 7) is 2.25. The first kappa shape index (κ1) is 25.2. The fourth-order valence-electron chi connectivity index (χ4n) is 4.57. The van der Waals surface area contributed by atoms with Crippen LogP contribution in [0, 0.1) is 11.3 Å². The molecule has 1 saturated heterocycles. The quantitative estimate of drug-likeness (QED) is 0.392. The van der Waals surface area contributed by atoms with Gasteiger partial charge in [0.05, 0.1) is 41.7 Å². The summed E-state index contributed by atoms with van der Waals surface area (Å²) in [5.41, 5.74) is 1.12. The van der Waals surface area contributed by atoms with Gasteiger partial charge in [0.2, 0.25) is 0 Å². The number of hydrogen-bond donors (Lipinski definition) is 2. The Bertz CT molecular complexity index is 1460. The van der Waals surface area contributed by atoms with Crippen molar-refractivity contribution < 1.29 is 18.0 Å². The molecule has 38 heavy (non-hydrogen) atoms. The highest BCUT2D eigenvalue weighted by atomic mass is 19.4. The van der Waals surface area contributed by atoms with Crippen LogP contribution in [0.5, 0.6) is 0 Å². The van der Waals surface area contributed by atoms with Crippen molar-refractivity contribution in [2.24, 2.45) is 0 Å². The molecule has 2 N–H and O–H groups in total. The number of nitrogens with zero attached hydrogens (tertiary/aromatic N) is 7. The van der Waals surface area contributed by atoms with Crippen molar-refractivity contribution in [3.8, 4) is 17.3 Å². The van der Waals surface area contributed by atoms with E-state index in [0.717, 1.165) is 28.4 Å². The molecule has 1 aromatic carbocycles. The number of H-pyrrole nitrogens is 1. The summed E-state index contributed by atoms with van der Waals surface area (Å²) < 4.78 is 41.5. The van der Waals surface area contributed by atoms with Crippen LogP contribution in [0.3, 0.4) is 0 Å². The number of carbonyl (C=O) groups excluding carboxylic acids is 1. The molecule has 0 aliphatic carbocycles. The van der Waals surface area contributed by atoms with Gasteiger partial charge in [0.15, 0.2) is 0 Å². The first-order valence-corrected chi connectivity index (χ1v) is 12.0. The van der Waals surface area contributed by atoms with Gasteiger partial charge in [0.1, 0.15) is 12.0 Å². The third-order valence-electron chi connectivity index (χ3n) is 6.53. The van der Waals surface area contributed by atoms with E-state index in [0.29, 0.717) is 32.7 Å². The van der Waals surface area contributed by atoms with E-state index in [2.05, 4.69) is 36.3 Å². The van der Waals surface area contributed by atoms with Crippen molar-refractivity contribution >= 4 is 22.8 Å². The SMILES string of the molecule is N#CCC(CN1CCN(C(=O)Nc2ccccc2C(F)(F)F)CC1)n1cc(-c2ncnc3[nH]ccc23)cn1. The summed E-state index contributed by atoms with van der Waals surface area (Å²) in [4.78, 5) is 27.9. The second kappa shape index (κ2) is 10.5. The molecular weight excluding hydrogens is 499 g/mol. The number of hydrogen-bond acceptors (Lipinski definition) is 6. The predicted molar refractivity (Wildman–Crippen MR) is 133 cm³/mol. The van der Waals surface area contributed by atoms with E-state index in [9.17, 15) is 23.2 Å². The van der Waals surface area contributed by atoms with Crippen LogP contribution < -0.4 is 5.32 Å². The Balaban J connectivity index is 1.21. The first-order chi connectivity index (χ1) is 18.3. The van der Waals surface area contributed by atoms with E-state index < -0.39 is 17.8 Å². The summed E-state index contributed by atoms with van der Waals surface area (Å²) in [5.74, 6) is 0. The van der Waals surface area contributed by atoms with Gasteiger partial charge in [0, 0.05) is 56.1 Å². The van der Waals surface area contributed by atoms with Crippen LogP contribution in [0.25, 0.3) is 22.3 Å². The lowest BCUT2D eigenvalue weighted by molar-refractivity contribution is -0.136. The number of urea groups is 1. The molecule has 2 amide bonds. The number of fused-ring (bicyclic) bond motifs is 1. The smallest absolute Gasteiger partial charge is 0.346 e. The maximum Gasteiger partial charge on any atom is 0.418 e. The van der Waals surface area contributed by atoms with E-state index in [1.54, 1.807) is 17.1 Å². The van der Waals surface area contributed by atoms with Crippen molar-refractivity contribution in [2.75, 3.05) is 38.0 Å². The molecule has 0 saturated carbocycles. The standard InChI is InChI=1S/C25H24F3N9O/c26-25(27,28)20-3-1-2-4-21(20)34-24(38)36-11-9-35(10-12-36)15-18(5-7-29)37-14-17(13-33-37)22-19-6-8-30-23(19)32-16-31-22/h1-4,6,8,13-14,16,18H,5,9-12,15H2,(H,34,38)(H,30,31,32). The molecule has 1 aliphatic rings. The van der Waals surface area contributed by atoms with E-state index in [-0.39, 0.29) is 18.2 Å². The second-order valence-electron chi connectivity index (χ2n) is 8.95. The number of nitrogens with one attached hydrogen (secondary N) is 2. The Labute approximate surface area is 215 Å². The van der Waals surface area contributed by atoms with E-state index in [1.165, 1.54) is 29.4 Å². The molecule has 1 atom stereocenters. The largest absolute Gasteiger partial charge is 0.418 e. The van der Waals surface area contributed by atoms with Gasteiger partial charge in [-0.1, -0.05) is 12.1 Å². The van der Waals surface area contributed by atoms with E-state index in [1.807, 2.05) is 12.3 Å². The number of rotatable bonds is 6. The molecule has 1 unspecified atom stereocenters. The van der Waals surface area contributed by atoms with Crippen LogP contribution in [-0.4, -0.2) is 73.3 Å². The minimum absolute atomic E-state index is 0.226. The van der Waals surface area contributed by atoms with Crippen LogP contribution in [0.2, 0.25) is 0 Å². The summed E-state index contributed by atoms with van der Waals surface area (Å²) >= 11 is 0. The summed E-state index contributed by atoms with van der Waals surface area (Å²) in [6.07, 6.45) is 2.51. The van der Waals surface area contributed by atoms with Crippen molar-refractivity contribution in [3.63, 3.8) is 0 Å². The number of nitriles is 1. The minimum Gasteiger partial charge on any atom is -0.346 e. The van der Waals surface area contributed by atoms with Crippen molar-refractivity contribution in [1.82, 2.24) is 34.5 Å². The average molecular weight is 524 g/mol. The molecule has 4 aromatic rings. The number of benzene rings is 1. The third-order valence-corrected chi connectivity index (χ3v) is 6.53. The summed E-state index contributed by atoms with van der Waals surface area (Å²) in [6, 6.07) is 8.22. The fourth-order valence-corrected chi connectivity index (χ4v) is 4.57. The second-order valence-corrected chi connectivity index (χ2v) is 8.95. The number of anilines is 1. The highest BCUT2D eigenvalue weighted by Gasteiger charge is 2.34. The number of alkyl halides is 3. The lowest BCUT2D eigenvalue weighted by atomic mass is 10.1. The number of aromatic nitrogens is 5. The molecule has 1 fully saturated rings. The minimum atomic E-state index is -4.56. The topological polar surface area (TPSA) is 119 Å². The fraction of sp³-hybridized carbons (Fsp3) is 0.320. The molecule has 196 valence electrons. The number of para-hydroxylation sites is 1. The van der Waals surface area contributed by atoms with Gasteiger partial charge < -0.3 is 15.2 Å². The van der Waals surface area contributed by atoms with Crippen LogP contribution in [0.4, 0.5) is 23.7 Å². The van der Waals surface area contributed by atoms with E-state index in [4.69, 9.17) is 0 Å². The zero-order valence-electron chi connectivity index (χ0n) is 20.2. The molecule has 1 aliphatic heterocycles. The molecule has 10 nitrogen and oxygen atoms in total. The van der Waals surface area contributed by atoms with Gasteiger partial charge in [-0.15, -0.1) is 0 Å². The van der Waals surface area contributed by atoms with E-state index >= 15 is 0 Å². The van der Waals surface area contributed by atoms with Gasteiger partial charge in [0.25, 0.3) is 0 Å². The zero-order valence-corrected chi connectivity index (χ0v) is 20.2. The maximum absolute atomic E-state index is 13.3. The van der Waals surface area contributed by atoms with Crippen molar-refractivity contribution in [2.45, 2.75) is 18.6 Å². The van der Waals surface area contributed by atoms with Crippen molar-refractivity contribution in [3.05, 3.63) is 60.8 Å². The van der Waals surface area contributed by atoms with Crippen molar-refractivity contribution in [1.29, 1.82) is 5.26 Å². The van der Waals surface area contributed by atoms with Gasteiger partial charge >= 0.3 is 12.2 Å². The van der Waals surface area contributed by atoms with Crippen LogP contribution in [0.1, 0.15) is 18.0 Å². The average Bonchev–Trinajstić information content (AvgIpc) is 3.59. The Kier molecular flexibility index (Phi) is 6.97. The van der Waals surface area contributed by atoms with Gasteiger partial charge in [-0.05, 0) is 18.2 Å². The van der Waals surface area contributed by atoms with Crippen LogP contribution in [0.15, 0.2) is 55.2 Å². The molecule has 0 bridgehead atoms. The summed E-state index contributed by atoms with van der Waals surface area (Å²) in [5, 5.41) is 17.2. The predicted octanol–water partition coefficient (Wildman–Crippen LogP) is 4.14. The molecule has 13 heteroatoms. The van der Waals surface area contributed by atoms with Gasteiger partial charge in [-0.2, -0.15) is 23.5 Å². The van der Waals surface area contributed by atoms with Crippen LogP contribution >= 0.6 is 0 Å². The monoisotopic (exact) mass is 523 g/mol. The number of aromatic amines is 1. The molecule has 5 rings (SSSR count). The van der Waals surface area contributed by atoms with Gasteiger partial charge in [-0.3, -0.25) is 9.58 Å². The number of piperazine rings is 1. The Morgan fingerprint density at radius 3 is 2.71 bits per heavy atom. The number of amides is 2. The van der Waals surface area contributed by atoms with Crippen LogP contribution in [-0.2, 0) is 6.18 Å². The number of carbonyl (C=O) groups is 1. The third kappa shape index (κ3) is 5.30. The Morgan fingerprint density at radius 1 is 1.16 bits per heavy atom. The highest BCUT2D eigenvalue weighted by molar-refractivity contribution is 5.91. The molecule has 4 heterocycles. The Hall–Kier alpha value is -4.44. The molecular formula is C25H24F3N9O. The highest BCUT2D eigenvalue weighted by Crippen LogP contribution is 2.34. The maximum atomic E-state index is 13.3. The molecule has 3 aromatic heterocycles. The first-order valence-electron chi connectivity index (χ1n) is 12.0. The zero-order chi connectivity index (χ0) is 26.7. The number of halogens is 3. The normalized spacial score (nSPS) is 15.4. The lowest BCUT2D eigenvalue weighted by Gasteiger charge is -2.36. The Morgan fingerprint density at radius 2 is 1.95 bits per heavy atom. The molecule has 0 radical (unpaired) electrons.